The Kier molecular flexibility index (Phi) is 1.76. The molecule has 0 bridgehead atoms. The molecule has 0 aliphatic rings. The van der Waals surface area contributed by atoms with E-state index in [2.05, 4.69) is 11.7 Å². The smallest absolute Gasteiger partial charge is 0.122 e. The van der Waals surface area contributed by atoms with E-state index in [9.17, 15) is 0 Å². The third-order valence-corrected chi connectivity index (χ3v) is 1.24. The zero-order valence-electron chi connectivity index (χ0n) is 6.04. The van der Waals surface area contributed by atoms with Gasteiger partial charge < -0.3 is 5.73 Å². The quantitative estimate of drug-likeness (QED) is 0.617. The summed E-state index contributed by atoms with van der Waals surface area (Å²) >= 11 is 0. The van der Waals surface area contributed by atoms with Gasteiger partial charge in [-0.1, -0.05) is 6.08 Å². The van der Waals surface area contributed by atoms with E-state index in [-0.39, 0.29) is 0 Å². The molecule has 0 fully saturated rings. The highest BCUT2D eigenvalue weighted by molar-refractivity contribution is 5.30. The van der Waals surface area contributed by atoms with Gasteiger partial charge >= 0.3 is 0 Å². The third-order valence-electron chi connectivity index (χ3n) is 1.24. The van der Waals surface area contributed by atoms with Crippen LogP contribution in [0.25, 0.3) is 0 Å². The molecular formula is C7H11N3. The lowest BCUT2D eigenvalue weighted by Crippen LogP contribution is -2.02. The molecule has 0 saturated heterocycles. The molecule has 0 aromatic carbocycles. The zero-order valence-corrected chi connectivity index (χ0v) is 6.04. The number of hydrogen-bond acceptors (Lipinski definition) is 2. The van der Waals surface area contributed by atoms with Crippen LogP contribution in [0.3, 0.4) is 0 Å². The predicted octanol–water partition coefficient (Wildman–Crippen LogP) is 0.960. The molecular weight excluding hydrogens is 126 g/mol. The van der Waals surface area contributed by atoms with Crippen LogP contribution in [0.5, 0.6) is 0 Å². The maximum absolute atomic E-state index is 5.58. The van der Waals surface area contributed by atoms with Crippen molar-refractivity contribution in [2.75, 3.05) is 5.73 Å². The summed E-state index contributed by atoms with van der Waals surface area (Å²) in [5, 5.41) is 4.12. The lowest BCUT2D eigenvalue weighted by molar-refractivity contribution is 0.705. The lowest BCUT2D eigenvalue weighted by atomic mass is 10.5. The first kappa shape index (κ1) is 6.86. The third kappa shape index (κ3) is 1.18. The van der Waals surface area contributed by atoms with Crippen LogP contribution >= 0.6 is 0 Å². The van der Waals surface area contributed by atoms with Gasteiger partial charge in [0, 0.05) is 6.07 Å². The summed E-state index contributed by atoms with van der Waals surface area (Å²) in [4.78, 5) is 0. The van der Waals surface area contributed by atoms with Gasteiger partial charge in [-0.3, -0.25) is 0 Å². The molecule has 2 N–H and O–H groups in total. The van der Waals surface area contributed by atoms with Crippen LogP contribution in [0.4, 0.5) is 5.82 Å². The fourth-order valence-electron chi connectivity index (χ4n) is 0.834. The van der Waals surface area contributed by atoms with Crippen LogP contribution in [-0.4, -0.2) is 9.78 Å². The molecule has 1 aromatic heterocycles. The number of aryl methyl sites for hydroxylation is 1. The highest BCUT2D eigenvalue weighted by atomic mass is 15.3. The Morgan fingerprint density at radius 1 is 1.90 bits per heavy atom. The van der Waals surface area contributed by atoms with Crippen molar-refractivity contribution in [3.05, 3.63) is 24.4 Å². The molecule has 0 aliphatic carbocycles. The van der Waals surface area contributed by atoms with E-state index < -0.39 is 0 Å². The largest absolute Gasteiger partial charge is 0.384 e. The van der Waals surface area contributed by atoms with Crippen LogP contribution in [0.2, 0.25) is 0 Å². The van der Waals surface area contributed by atoms with Gasteiger partial charge in [-0.2, -0.15) is 5.10 Å². The van der Waals surface area contributed by atoms with Crippen molar-refractivity contribution in [3.8, 4) is 0 Å². The molecule has 3 nitrogen and oxygen atoms in total. The average Bonchev–Trinajstić information content (AvgIpc) is 2.13. The molecule has 0 amide bonds. The number of nitrogens with zero attached hydrogens (tertiary/aromatic N) is 2. The van der Waals surface area contributed by atoms with Gasteiger partial charge in [0.25, 0.3) is 0 Å². The van der Waals surface area contributed by atoms with Gasteiger partial charge in [-0.15, -0.1) is 6.58 Å². The molecule has 0 saturated carbocycles. The molecule has 0 spiro atoms. The summed E-state index contributed by atoms with van der Waals surface area (Å²) in [7, 11) is 0. The van der Waals surface area contributed by atoms with Gasteiger partial charge in [-0.05, 0) is 6.92 Å². The first-order valence-corrected chi connectivity index (χ1v) is 3.15. The second kappa shape index (κ2) is 2.56. The highest BCUT2D eigenvalue weighted by Crippen LogP contribution is 2.03. The van der Waals surface area contributed by atoms with Gasteiger partial charge in [0.15, 0.2) is 0 Å². The van der Waals surface area contributed by atoms with E-state index in [0.29, 0.717) is 12.4 Å². The van der Waals surface area contributed by atoms with Crippen molar-refractivity contribution in [1.82, 2.24) is 9.78 Å². The average molecular weight is 137 g/mol. The Morgan fingerprint density at radius 2 is 2.60 bits per heavy atom. The van der Waals surface area contributed by atoms with E-state index in [1.54, 1.807) is 10.8 Å². The summed E-state index contributed by atoms with van der Waals surface area (Å²) in [5.74, 6) is 0.692. The molecule has 54 valence electrons. The van der Waals surface area contributed by atoms with Crippen molar-refractivity contribution in [1.29, 1.82) is 0 Å². The van der Waals surface area contributed by atoms with Crippen molar-refractivity contribution < 1.29 is 0 Å². The monoisotopic (exact) mass is 137 g/mol. The van der Waals surface area contributed by atoms with Crippen LogP contribution in [0.15, 0.2) is 18.7 Å². The Balaban J connectivity index is 2.91. The molecule has 3 heteroatoms. The standard InChI is InChI=1S/C7H11N3/c1-3-4-10-7(8)5-6(2)9-10/h3,5H,1,4,8H2,2H3. The maximum Gasteiger partial charge on any atom is 0.122 e. The summed E-state index contributed by atoms with van der Waals surface area (Å²) in [6.45, 7) is 6.18. The first-order valence-electron chi connectivity index (χ1n) is 3.15. The van der Waals surface area contributed by atoms with Gasteiger partial charge in [-0.25, -0.2) is 4.68 Å². The molecule has 0 radical (unpaired) electrons. The first-order chi connectivity index (χ1) is 4.74. The number of aromatic nitrogens is 2. The normalized spacial score (nSPS) is 9.70. The summed E-state index contributed by atoms with van der Waals surface area (Å²) < 4.78 is 1.71. The minimum atomic E-state index is 0.680. The number of hydrogen-bond donors (Lipinski definition) is 1. The summed E-state index contributed by atoms with van der Waals surface area (Å²) in [6, 6.07) is 1.84. The fourth-order valence-corrected chi connectivity index (χ4v) is 0.834. The Bertz CT molecular complexity index is 237. The predicted molar refractivity (Wildman–Crippen MR) is 41.6 cm³/mol. The summed E-state index contributed by atoms with van der Waals surface area (Å²) in [6.07, 6.45) is 1.77. The van der Waals surface area contributed by atoms with E-state index in [1.165, 1.54) is 0 Å². The number of allylic oxidation sites excluding steroid dienone is 1. The van der Waals surface area contributed by atoms with Crippen LogP contribution in [0.1, 0.15) is 5.69 Å². The van der Waals surface area contributed by atoms with Crippen molar-refractivity contribution in [3.63, 3.8) is 0 Å². The van der Waals surface area contributed by atoms with Gasteiger partial charge in [0.2, 0.25) is 0 Å². The molecule has 0 atom stereocenters. The number of nitrogens with two attached hydrogens (primary N) is 1. The Hall–Kier alpha value is -1.25. The molecule has 0 aliphatic heterocycles. The minimum Gasteiger partial charge on any atom is -0.384 e. The molecule has 0 unspecified atom stereocenters. The topological polar surface area (TPSA) is 43.8 Å². The molecule has 1 aromatic rings. The lowest BCUT2D eigenvalue weighted by Gasteiger charge is -1.96. The van der Waals surface area contributed by atoms with E-state index in [4.69, 9.17) is 5.73 Å². The van der Waals surface area contributed by atoms with Crippen LogP contribution in [-0.2, 0) is 6.54 Å². The van der Waals surface area contributed by atoms with Gasteiger partial charge in [0.05, 0.1) is 12.2 Å². The van der Waals surface area contributed by atoms with Crippen LogP contribution < -0.4 is 5.73 Å². The number of anilines is 1. The SMILES string of the molecule is C=CCn1nc(C)cc1N. The summed E-state index contributed by atoms with van der Waals surface area (Å²) in [5.41, 5.74) is 6.52. The van der Waals surface area contributed by atoms with E-state index in [0.717, 1.165) is 5.69 Å². The van der Waals surface area contributed by atoms with Gasteiger partial charge in [0.1, 0.15) is 5.82 Å². The Labute approximate surface area is 60.1 Å². The molecule has 1 rings (SSSR count). The van der Waals surface area contributed by atoms with Crippen LogP contribution in [0, 0.1) is 6.92 Å². The molecule has 10 heavy (non-hydrogen) atoms. The van der Waals surface area contributed by atoms with E-state index in [1.807, 2.05) is 13.0 Å². The second-order valence-corrected chi connectivity index (χ2v) is 2.18. The molecule has 1 heterocycles. The number of rotatable bonds is 2. The van der Waals surface area contributed by atoms with E-state index >= 15 is 0 Å². The maximum atomic E-state index is 5.58. The van der Waals surface area contributed by atoms with Crippen molar-refractivity contribution >= 4 is 5.82 Å². The highest BCUT2D eigenvalue weighted by Gasteiger charge is 1.96. The zero-order chi connectivity index (χ0) is 7.56. The second-order valence-electron chi connectivity index (χ2n) is 2.18. The Morgan fingerprint density at radius 3 is 3.00 bits per heavy atom. The number of nitrogen functional groups attached to an aromatic ring is 1. The fraction of sp³-hybridized carbons (Fsp3) is 0.286. The van der Waals surface area contributed by atoms with Crippen molar-refractivity contribution in [2.45, 2.75) is 13.5 Å². The van der Waals surface area contributed by atoms with Crippen molar-refractivity contribution in [2.24, 2.45) is 0 Å². The minimum absolute atomic E-state index is 0.680.